The van der Waals surface area contributed by atoms with E-state index in [9.17, 15) is 13.2 Å². The quantitative estimate of drug-likeness (QED) is 0.587. The standard InChI is InChI=1S/C23H25F3N4O/c1-17-22(18(2)30(27-17)20-6-4-3-5-7-20)29-14-12-28(13-15-29)16-19-8-10-21(11-9-19)31-23(24,25)26/h3-11H,12-16H2,1-2H3. The van der Waals surface area contributed by atoms with Gasteiger partial charge >= 0.3 is 6.36 Å². The number of rotatable bonds is 5. The second-order valence-corrected chi connectivity index (χ2v) is 7.72. The largest absolute Gasteiger partial charge is 0.573 e. The minimum atomic E-state index is -4.66. The Bertz CT molecular complexity index is 1010. The first kappa shape index (κ1) is 21.2. The fourth-order valence-corrected chi connectivity index (χ4v) is 4.10. The van der Waals surface area contributed by atoms with Gasteiger partial charge in [0.25, 0.3) is 0 Å². The highest BCUT2D eigenvalue weighted by Gasteiger charge is 2.31. The Morgan fingerprint density at radius 1 is 0.903 bits per heavy atom. The molecule has 31 heavy (non-hydrogen) atoms. The molecule has 1 aromatic heterocycles. The van der Waals surface area contributed by atoms with Crippen molar-refractivity contribution in [3.8, 4) is 11.4 Å². The third kappa shape index (κ3) is 5.02. The molecule has 0 spiro atoms. The number of aromatic nitrogens is 2. The molecule has 0 N–H and O–H groups in total. The van der Waals surface area contributed by atoms with Gasteiger partial charge in [-0.2, -0.15) is 5.10 Å². The van der Waals surface area contributed by atoms with Gasteiger partial charge in [-0.25, -0.2) is 4.68 Å². The van der Waals surface area contributed by atoms with Crippen LogP contribution >= 0.6 is 0 Å². The molecule has 0 radical (unpaired) electrons. The van der Waals surface area contributed by atoms with Crippen molar-refractivity contribution in [2.45, 2.75) is 26.8 Å². The van der Waals surface area contributed by atoms with Gasteiger partial charge in [-0.3, -0.25) is 4.90 Å². The molecule has 5 nitrogen and oxygen atoms in total. The molecule has 4 rings (SSSR count). The molecule has 8 heteroatoms. The first-order valence-electron chi connectivity index (χ1n) is 10.2. The number of ether oxygens (including phenoxy) is 1. The van der Waals surface area contributed by atoms with E-state index in [0.29, 0.717) is 6.54 Å². The van der Waals surface area contributed by atoms with Gasteiger partial charge in [0.15, 0.2) is 0 Å². The number of piperazine rings is 1. The van der Waals surface area contributed by atoms with Crippen LogP contribution in [0.4, 0.5) is 18.9 Å². The van der Waals surface area contributed by atoms with E-state index in [0.717, 1.165) is 48.8 Å². The molecule has 0 unspecified atom stereocenters. The lowest BCUT2D eigenvalue weighted by Gasteiger charge is -2.36. The van der Waals surface area contributed by atoms with Gasteiger partial charge in [0.2, 0.25) is 0 Å². The number of hydrogen-bond donors (Lipinski definition) is 0. The topological polar surface area (TPSA) is 33.5 Å². The van der Waals surface area contributed by atoms with Crippen LogP contribution in [0.15, 0.2) is 54.6 Å². The van der Waals surface area contributed by atoms with E-state index >= 15 is 0 Å². The Hall–Kier alpha value is -3.00. The van der Waals surface area contributed by atoms with Crippen LogP contribution in [0.3, 0.4) is 0 Å². The smallest absolute Gasteiger partial charge is 0.406 e. The van der Waals surface area contributed by atoms with Gasteiger partial charge in [0.1, 0.15) is 5.75 Å². The Labute approximate surface area is 179 Å². The summed E-state index contributed by atoms with van der Waals surface area (Å²) in [6.07, 6.45) is -4.66. The number of hydrogen-bond acceptors (Lipinski definition) is 4. The number of anilines is 1. The van der Waals surface area contributed by atoms with Gasteiger partial charge in [-0.1, -0.05) is 30.3 Å². The molecule has 0 aliphatic carbocycles. The van der Waals surface area contributed by atoms with E-state index in [4.69, 9.17) is 5.10 Å². The number of nitrogens with zero attached hydrogens (tertiary/aromatic N) is 4. The molecule has 2 aromatic carbocycles. The molecule has 0 atom stereocenters. The molecular formula is C23H25F3N4O. The van der Waals surface area contributed by atoms with Crippen molar-refractivity contribution in [2.75, 3.05) is 31.1 Å². The molecule has 3 aromatic rings. The zero-order valence-corrected chi connectivity index (χ0v) is 17.6. The van der Waals surface area contributed by atoms with E-state index in [1.54, 1.807) is 12.1 Å². The fraction of sp³-hybridized carbons (Fsp3) is 0.348. The summed E-state index contributed by atoms with van der Waals surface area (Å²) in [6, 6.07) is 16.2. The van der Waals surface area contributed by atoms with Gasteiger partial charge < -0.3 is 9.64 Å². The van der Waals surface area contributed by atoms with E-state index in [1.807, 2.05) is 41.9 Å². The van der Waals surface area contributed by atoms with Crippen LogP contribution in [-0.4, -0.2) is 47.2 Å². The summed E-state index contributed by atoms with van der Waals surface area (Å²) in [5, 5.41) is 4.75. The number of benzene rings is 2. The van der Waals surface area contributed by atoms with Crippen LogP contribution in [0.1, 0.15) is 17.0 Å². The van der Waals surface area contributed by atoms with Gasteiger partial charge in [-0.15, -0.1) is 13.2 Å². The van der Waals surface area contributed by atoms with Gasteiger partial charge in [0, 0.05) is 32.7 Å². The maximum atomic E-state index is 12.3. The minimum Gasteiger partial charge on any atom is -0.406 e. The van der Waals surface area contributed by atoms with Crippen molar-refractivity contribution < 1.29 is 17.9 Å². The van der Waals surface area contributed by atoms with Gasteiger partial charge in [-0.05, 0) is 43.7 Å². The van der Waals surface area contributed by atoms with E-state index in [2.05, 4.69) is 21.5 Å². The normalized spacial score (nSPS) is 15.3. The van der Waals surface area contributed by atoms with Crippen molar-refractivity contribution in [1.29, 1.82) is 0 Å². The first-order valence-corrected chi connectivity index (χ1v) is 10.2. The molecule has 2 heterocycles. The number of halogens is 3. The summed E-state index contributed by atoms with van der Waals surface area (Å²) in [5.41, 5.74) is 5.32. The zero-order chi connectivity index (χ0) is 22.0. The highest BCUT2D eigenvalue weighted by molar-refractivity contribution is 5.57. The molecule has 164 valence electrons. The summed E-state index contributed by atoms with van der Waals surface area (Å²) in [5.74, 6) is -0.192. The van der Waals surface area contributed by atoms with Crippen LogP contribution in [0, 0.1) is 13.8 Å². The van der Waals surface area contributed by atoms with E-state index < -0.39 is 6.36 Å². The summed E-state index contributed by atoms with van der Waals surface area (Å²) >= 11 is 0. The van der Waals surface area contributed by atoms with Crippen molar-refractivity contribution in [3.63, 3.8) is 0 Å². The Morgan fingerprint density at radius 3 is 2.16 bits per heavy atom. The second-order valence-electron chi connectivity index (χ2n) is 7.72. The second kappa shape index (κ2) is 8.63. The van der Waals surface area contributed by atoms with Crippen LogP contribution in [0.2, 0.25) is 0 Å². The predicted octanol–water partition coefficient (Wildman–Crippen LogP) is 4.71. The number of alkyl halides is 3. The van der Waals surface area contributed by atoms with Gasteiger partial charge in [0.05, 0.1) is 22.8 Å². The molecule has 1 aliphatic rings. The highest BCUT2D eigenvalue weighted by Crippen LogP contribution is 2.28. The molecule has 0 amide bonds. The fourth-order valence-electron chi connectivity index (χ4n) is 4.10. The highest BCUT2D eigenvalue weighted by atomic mass is 19.4. The molecule has 1 saturated heterocycles. The SMILES string of the molecule is Cc1nn(-c2ccccc2)c(C)c1N1CCN(Cc2ccc(OC(F)(F)F)cc2)CC1. The predicted molar refractivity (Wildman–Crippen MR) is 114 cm³/mol. The summed E-state index contributed by atoms with van der Waals surface area (Å²) in [6.45, 7) is 8.32. The number of para-hydroxylation sites is 1. The van der Waals surface area contributed by atoms with Crippen LogP contribution < -0.4 is 9.64 Å². The summed E-state index contributed by atoms with van der Waals surface area (Å²) < 4.78 is 42.8. The maximum absolute atomic E-state index is 12.3. The third-order valence-corrected chi connectivity index (χ3v) is 5.51. The number of aryl methyl sites for hydroxylation is 1. The molecule has 0 bridgehead atoms. The average Bonchev–Trinajstić information content (AvgIpc) is 3.04. The molecule has 0 saturated carbocycles. The lowest BCUT2D eigenvalue weighted by Crippen LogP contribution is -2.46. The molecular weight excluding hydrogens is 405 g/mol. The van der Waals surface area contributed by atoms with Crippen molar-refractivity contribution in [2.24, 2.45) is 0 Å². The molecule has 1 aliphatic heterocycles. The van der Waals surface area contributed by atoms with Crippen molar-refractivity contribution in [1.82, 2.24) is 14.7 Å². The van der Waals surface area contributed by atoms with Crippen molar-refractivity contribution >= 4 is 5.69 Å². The molecule has 1 fully saturated rings. The summed E-state index contributed by atoms with van der Waals surface area (Å²) in [7, 11) is 0. The monoisotopic (exact) mass is 430 g/mol. The third-order valence-electron chi connectivity index (χ3n) is 5.51. The average molecular weight is 430 g/mol. The van der Waals surface area contributed by atoms with E-state index in [1.165, 1.54) is 17.8 Å². The van der Waals surface area contributed by atoms with Crippen molar-refractivity contribution in [3.05, 3.63) is 71.5 Å². The Kier molecular flexibility index (Phi) is 5.91. The van der Waals surface area contributed by atoms with Crippen LogP contribution in [0.5, 0.6) is 5.75 Å². The Balaban J connectivity index is 1.38. The van der Waals surface area contributed by atoms with Crippen LogP contribution in [0.25, 0.3) is 5.69 Å². The summed E-state index contributed by atoms with van der Waals surface area (Å²) in [4.78, 5) is 4.68. The van der Waals surface area contributed by atoms with Crippen LogP contribution in [-0.2, 0) is 6.54 Å². The maximum Gasteiger partial charge on any atom is 0.573 e. The minimum absolute atomic E-state index is 0.192. The van der Waals surface area contributed by atoms with E-state index in [-0.39, 0.29) is 5.75 Å². The lowest BCUT2D eigenvalue weighted by atomic mass is 10.1. The lowest BCUT2D eigenvalue weighted by molar-refractivity contribution is -0.274. The Morgan fingerprint density at radius 2 is 1.55 bits per heavy atom. The zero-order valence-electron chi connectivity index (χ0n) is 17.6. The first-order chi connectivity index (χ1) is 14.8.